The Labute approximate surface area is 133 Å². The van der Waals surface area contributed by atoms with Crippen LogP contribution in [-0.2, 0) is 4.74 Å². The molecule has 0 aliphatic rings. The van der Waals surface area contributed by atoms with Crippen molar-refractivity contribution in [2.75, 3.05) is 13.1 Å². The topological polar surface area (TPSA) is 29.5 Å². The summed E-state index contributed by atoms with van der Waals surface area (Å²) in [6.07, 6.45) is 9.40. The zero-order valence-corrected chi connectivity index (χ0v) is 15.4. The van der Waals surface area contributed by atoms with Gasteiger partial charge in [0.05, 0.1) is 6.10 Å². The van der Waals surface area contributed by atoms with Crippen molar-refractivity contribution in [2.24, 2.45) is 0 Å². The second kappa shape index (κ2) is 17.3. The van der Waals surface area contributed by atoms with Crippen molar-refractivity contribution in [1.29, 1.82) is 0 Å². The molecule has 0 aliphatic carbocycles. The molecule has 1 amide bonds. The molecule has 21 heavy (non-hydrogen) atoms. The molecule has 0 aromatic heterocycles. The minimum Gasteiger partial charge on any atom is -0.447 e. The Balaban J connectivity index is 0. The first kappa shape index (κ1) is 22.5. The molecular weight excluding hydrogens is 262 g/mol. The van der Waals surface area contributed by atoms with Crippen LogP contribution in [0.5, 0.6) is 0 Å². The van der Waals surface area contributed by atoms with Crippen molar-refractivity contribution < 1.29 is 9.53 Å². The average Bonchev–Trinajstić information content (AvgIpc) is 2.47. The van der Waals surface area contributed by atoms with E-state index in [1.807, 2.05) is 32.6 Å². The average molecular weight is 302 g/mol. The van der Waals surface area contributed by atoms with E-state index in [1.54, 1.807) is 0 Å². The second-order valence-corrected chi connectivity index (χ2v) is 5.54. The Kier molecular flexibility index (Phi) is 18.6. The van der Waals surface area contributed by atoms with Crippen molar-refractivity contribution >= 4 is 6.09 Å². The van der Waals surface area contributed by atoms with Crippen molar-refractivity contribution in [3.05, 3.63) is 0 Å². The van der Waals surface area contributed by atoms with Crippen LogP contribution in [-0.4, -0.2) is 30.2 Å². The van der Waals surface area contributed by atoms with Crippen LogP contribution in [0, 0.1) is 0 Å². The molecule has 0 saturated heterocycles. The fourth-order valence-corrected chi connectivity index (χ4v) is 2.03. The maximum atomic E-state index is 12.0. The monoisotopic (exact) mass is 301 g/mol. The van der Waals surface area contributed by atoms with Crippen LogP contribution in [0.2, 0.25) is 0 Å². The van der Waals surface area contributed by atoms with E-state index in [9.17, 15) is 4.79 Å². The number of hydrogen-bond acceptors (Lipinski definition) is 2. The van der Waals surface area contributed by atoms with Gasteiger partial charge < -0.3 is 9.64 Å². The van der Waals surface area contributed by atoms with Gasteiger partial charge in [0, 0.05) is 13.1 Å². The lowest BCUT2D eigenvalue weighted by molar-refractivity contribution is 0.0756. The summed E-state index contributed by atoms with van der Waals surface area (Å²) < 4.78 is 5.31. The number of hydrogen-bond donors (Lipinski definition) is 0. The fraction of sp³-hybridized carbons (Fsp3) is 0.944. The third kappa shape index (κ3) is 15.5. The van der Waals surface area contributed by atoms with E-state index in [2.05, 4.69) is 13.8 Å². The summed E-state index contributed by atoms with van der Waals surface area (Å²) in [5, 5.41) is 0. The van der Waals surface area contributed by atoms with Gasteiger partial charge in [0.15, 0.2) is 0 Å². The summed E-state index contributed by atoms with van der Waals surface area (Å²) in [6, 6.07) is 0. The van der Waals surface area contributed by atoms with Crippen molar-refractivity contribution in [3.63, 3.8) is 0 Å². The highest BCUT2D eigenvalue weighted by molar-refractivity contribution is 5.67. The molecular formula is C18H39NO2. The zero-order chi connectivity index (χ0) is 16.5. The van der Waals surface area contributed by atoms with Crippen molar-refractivity contribution in [3.8, 4) is 0 Å². The minimum atomic E-state index is -0.136. The van der Waals surface area contributed by atoms with Crippen LogP contribution in [0.1, 0.15) is 92.9 Å². The maximum Gasteiger partial charge on any atom is 0.410 e. The second-order valence-electron chi connectivity index (χ2n) is 5.54. The first-order valence-electron chi connectivity index (χ1n) is 9.07. The molecule has 3 heteroatoms. The van der Waals surface area contributed by atoms with E-state index in [0.29, 0.717) is 0 Å². The fourth-order valence-electron chi connectivity index (χ4n) is 2.03. The third-order valence-corrected chi connectivity index (χ3v) is 3.16. The maximum absolute atomic E-state index is 12.0. The number of nitrogens with zero attached hydrogens (tertiary/aromatic N) is 1. The number of amides is 1. The van der Waals surface area contributed by atoms with Gasteiger partial charge in [-0.05, 0) is 26.7 Å². The molecule has 0 saturated carbocycles. The quantitative estimate of drug-likeness (QED) is 0.437. The van der Waals surface area contributed by atoms with Crippen LogP contribution >= 0.6 is 0 Å². The largest absolute Gasteiger partial charge is 0.447 e. The molecule has 0 unspecified atom stereocenters. The molecule has 0 aromatic rings. The molecule has 0 heterocycles. The Morgan fingerprint density at radius 2 is 1.29 bits per heavy atom. The highest BCUT2D eigenvalue weighted by Gasteiger charge is 2.15. The molecule has 0 spiro atoms. The highest BCUT2D eigenvalue weighted by Crippen LogP contribution is 2.07. The lowest BCUT2D eigenvalue weighted by Crippen LogP contribution is -2.35. The van der Waals surface area contributed by atoms with Crippen LogP contribution in [0.3, 0.4) is 0 Å². The first-order chi connectivity index (χ1) is 10.1. The standard InChI is InChI=1S/C16H33NO2.C2H6/c1-5-7-9-11-13-17(14-12-10-8-6-2)16(18)19-15(3)4;1-2/h15H,5-14H2,1-4H3;1-2H3. The van der Waals surface area contributed by atoms with E-state index in [0.717, 1.165) is 25.9 Å². The van der Waals surface area contributed by atoms with E-state index in [4.69, 9.17) is 4.74 Å². The molecule has 0 aromatic carbocycles. The molecule has 0 aliphatic heterocycles. The zero-order valence-electron chi connectivity index (χ0n) is 15.4. The minimum absolute atomic E-state index is 0.0266. The van der Waals surface area contributed by atoms with Gasteiger partial charge in [-0.3, -0.25) is 0 Å². The Morgan fingerprint density at radius 1 is 0.857 bits per heavy atom. The highest BCUT2D eigenvalue weighted by atomic mass is 16.6. The molecule has 0 fully saturated rings. The predicted octanol–water partition coefficient (Wildman–Crippen LogP) is 6.02. The van der Waals surface area contributed by atoms with Gasteiger partial charge in [-0.25, -0.2) is 4.79 Å². The van der Waals surface area contributed by atoms with Gasteiger partial charge >= 0.3 is 6.09 Å². The van der Waals surface area contributed by atoms with Crippen LogP contribution < -0.4 is 0 Å². The molecule has 0 N–H and O–H groups in total. The number of carbonyl (C=O) groups excluding carboxylic acids is 1. The van der Waals surface area contributed by atoms with Gasteiger partial charge in [0.1, 0.15) is 0 Å². The number of ether oxygens (including phenoxy) is 1. The van der Waals surface area contributed by atoms with Gasteiger partial charge in [-0.1, -0.05) is 66.2 Å². The summed E-state index contributed by atoms with van der Waals surface area (Å²) in [4.78, 5) is 13.9. The molecule has 0 atom stereocenters. The van der Waals surface area contributed by atoms with Crippen LogP contribution in [0.25, 0.3) is 0 Å². The Hall–Kier alpha value is -0.730. The molecule has 0 radical (unpaired) electrons. The molecule has 3 nitrogen and oxygen atoms in total. The number of unbranched alkanes of at least 4 members (excludes halogenated alkanes) is 6. The lowest BCUT2D eigenvalue weighted by Gasteiger charge is -2.23. The summed E-state index contributed by atoms with van der Waals surface area (Å²) in [5.41, 5.74) is 0. The van der Waals surface area contributed by atoms with E-state index in [1.165, 1.54) is 38.5 Å². The summed E-state index contributed by atoms with van der Waals surface area (Å²) in [7, 11) is 0. The summed E-state index contributed by atoms with van der Waals surface area (Å²) in [6.45, 7) is 13.9. The van der Waals surface area contributed by atoms with E-state index < -0.39 is 0 Å². The van der Waals surface area contributed by atoms with Crippen LogP contribution in [0.15, 0.2) is 0 Å². The Bertz CT molecular complexity index is 205. The van der Waals surface area contributed by atoms with E-state index >= 15 is 0 Å². The molecule has 0 bridgehead atoms. The molecule has 0 rings (SSSR count). The summed E-state index contributed by atoms with van der Waals surface area (Å²) >= 11 is 0. The van der Waals surface area contributed by atoms with Gasteiger partial charge in [-0.15, -0.1) is 0 Å². The third-order valence-electron chi connectivity index (χ3n) is 3.16. The predicted molar refractivity (Wildman–Crippen MR) is 92.8 cm³/mol. The SMILES string of the molecule is CC.CCCCCCN(CCCCCC)C(=O)OC(C)C. The van der Waals surface area contributed by atoms with Crippen molar-refractivity contribution in [2.45, 2.75) is 99.0 Å². The van der Waals surface area contributed by atoms with E-state index in [-0.39, 0.29) is 12.2 Å². The smallest absolute Gasteiger partial charge is 0.410 e. The van der Waals surface area contributed by atoms with Gasteiger partial charge in [0.2, 0.25) is 0 Å². The summed E-state index contributed by atoms with van der Waals surface area (Å²) in [5.74, 6) is 0. The van der Waals surface area contributed by atoms with Gasteiger partial charge in [0.25, 0.3) is 0 Å². The lowest BCUT2D eigenvalue weighted by atomic mass is 10.2. The number of rotatable bonds is 11. The molecule has 128 valence electrons. The number of carbonyl (C=O) groups is 1. The Morgan fingerprint density at radius 3 is 1.62 bits per heavy atom. The van der Waals surface area contributed by atoms with Crippen molar-refractivity contribution in [1.82, 2.24) is 4.90 Å². The first-order valence-corrected chi connectivity index (χ1v) is 9.07. The van der Waals surface area contributed by atoms with Crippen LogP contribution in [0.4, 0.5) is 4.79 Å². The normalized spacial score (nSPS) is 10.0. The van der Waals surface area contributed by atoms with Gasteiger partial charge in [-0.2, -0.15) is 0 Å².